The maximum absolute atomic E-state index is 10.2. The molecule has 0 saturated carbocycles. The van der Waals surface area contributed by atoms with Gasteiger partial charge in [-0.2, -0.15) is 0 Å². The third kappa shape index (κ3) is 4.51. The quantitative estimate of drug-likeness (QED) is 0.856. The first kappa shape index (κ1) is 14.4. The summed E-state index contributed by atoms with van der Waals surface area (Å²) in [7, 11) is 0. The van der Waals surface area contributed by atoms with E-state index >= 15 is 0 Å². The fourth-order valence-corrected chi connectivity index (χ4v) is 2.52. The normalized spacial score (nSPS) is 17.9. The molecule has 106 valence electrons. The summed E-state index contributed by atoms with van der Waals surface area (Å²) in [6.07, 6.45) is 3.23. The van der Waals surface area contributed by atoms with Crippen molar-refractivity contribution in [1.82, 2.24) is 4.90 Å². The molecular formula is C16H25NO2. The number of ether oxygens (including phenoxy) is 1. The highest BCUT2D eigenvalue weighted by Gasteiger charge is 2.14. The van der Waals surface area contributed by atoms with Crippen LogP contribution in [0.25, 0.3) is 0 Å². The lowest BCUT2D eigenvalue weighted by atomic mass is 10.1. The first-order valence-corrected chi connectivity index (χ1v) is 7.32. The third-order valence-corrected chi connectivity index (χ3v) is 3.55. The second-order valence-corrected chi connectivity index (χ2v) is 5.59. The van der Waals surface area contributed by atoms with Crippen LogP contribution in [0.5, 0.6) is 5.75 Å². The summed E-state index contributed by atoms with van der Waals surface area (Å²) in [5, 5.41) is 10.2. The van der Waals surface area contributed by atoms with Crippen molar-refractivity contribution in [2.45, 2.75) is 45.3 Å². The largest absolute Gasteiger partial charge is 0.491 e. The highest BCUT2D eigenvalue weighted by atomic mass is 16.5. The molecule has 0 spiro atoms. The standard InChI is InChI=1S/C16H25NO2/c1-13(2)19-15-7-5-14(6-8-15)16(18)9-12-17-10-3-4-11-17/h5-8,13,16,18H,3-4,9-12H2,1-2H3/t16-/m0/s1. The van der Waals surface area contributed by atoms with Gasteiger partial charge in [0.05, 0.1) is 12.2 Å². The number of benzene rings is 1. The molecule has 2 rings (SSSR count). The molecule has 1 atom stereocenters. The highest BCUT2D eigenvalue weighted by Crippen LogP contribution is 2.21. The topological polar surface area (TPSA) is 32.7 Å². The van der Waals surface area contributed by atoms with Crippen molar-refractivity contribution in [3.05, 3.63) is 29.8 Å². The molecule has 0 amide bonds. The lowest BCUT2D eigenvalue weighted by Gasteiger charge is -2.18. The summed E-state index contributed by atoms with van der Waals surface area (Å²) < 4.78 is 5.60. The predicted octanol–water partition coefficient (Wildman–Crippen LogP) is 2.99. The molecule has 0 bridgehead atoms. The fourth-order valence-electron chi connectivity index (χ4n) is 2.52. The van der Waals surface area contributed by atoms with Crippen molar-refractivity contribution in [2.75, 3.05) is 19.6 Å². The number of hydrogen-bond acceptors (Lipinski definition) is 3. The summed E-state index contributed by atoms with van der Waals surface area (Å²) in [6, 6.07) is 7.81. The lowest BCUT2D eigenvalue weighted by Crippen LogP contribution is -2.22. The Morgan fingerprint density at radius 1 is 1.16 bits per heavy atom. The Kier molecular flexibility index (Phi) is 5.23. The maximum Gasteiger partial charge on any atom is 0.119 e. The van der Waals surface area contributed by atoms with E-state index in [2.05, 4.69) is 4.90 Å². The number of aliphatic hydroxyl groups is 1. The van der Waals surface area contributed by atoms with Crippen LogP contribution in [-0.4, -0.2) is 35.7 Å². The lowest BCUT2D eigenvalue weighted by molar-refractivity contribution is 0.149. The van der Waals surface area contributed by atoms with Gasteiger partial charge < -0.3 is 14.7 Å². The van der Waals surface area contributed by atoms with E-state index in [-0.39, 0.29) is 12.2 Å². The molecule has 3 heteroatoms. The van der Waals surface area contributed by atoms with Gasteiger partial charge >= 0.3 is 0 Å². The molecule has 1 N–H and O–H groups in total. The van der Waals surface area contributed by atoms with E-state index in [0.29, 0.717) is 0 Å². The van der Waals surface area contributed by atoms with Crippen LogP contribution in [-0.2, 0) is 0 Å². The van der Waals surface area contributed by atoms with Crippen LogP contribution in [0.4, 0.5) is 0 Å². The zero-order chi connectivity index (χ0) is 13.7. The minimum atomic E-state index is -0.367. The molecule has 3 nitrogen and oxygen atoms in total. The van der Waals surface area contributed by atoms with E-state index in [4.69, 9.17) is 4.74 Å². The van der Waals surface area contributed by atoms with Gasteiger partial charge in [0, 0.05) is 6.54 Å². The average Bonchev–Trinajstić information content (AvgIpc) is 2.89. The number of likely N-dealkylation sites (tertiary alicyclic amines) is 1. The van der Waals surface area contributed by atoms with Crippen LogP contribution in [0.1, 0.15) is 44.8 Å². The number of hydrogen-bond donors (Lipinski definition) is 1. The van der Waals surface area contributed by atoms with Gasteiger partial charge in [0.25, 0.3) is 0 Å². The summed E-state index contributed by atoms with van der Waals surface area (Å²) in [5.41, 5.74) is 0.982. The van der Waals surface area contributed by atoms with E-state index in [1.165, 1.54) is 25.9 Å². The average molecular weight is 263 g/mol. The van der Waals surface area contributed by atoms with Crippen LogP contribution in [0.3, 0.4) is 0 Å². The second kappa shape index (κ2) is 6.92. The van der Waals surface area contributed by atoms with Gasteiger partial charge in [-0.25, -0.2) is 0 Å². The third-order valence-electron chi connectivity index (χ3n) is 3.55. The highest BCUT2D eigenvalue weighted by molar-refractivity contribution is 5.28. The molecule has 0 aliphatic carbocycles. The number of aliphatic hydroxyl groups excluding tert-OH is 1. The van der Waals surface area contributed by atoms with Crippen LogP contribution >= 0.6 is 0 Å². The van der Waals surface area contributed by atoms with Crippen molar-refractivity contribution < 1.29 is 9.84 Å². The zero-order valence-corrected chi connectivity index (χ0v) is 12.0. The molecule has 19 heavy (non-hydrogen) atoms. The molecular weight excluding hydrogens is 238 g/mol. The molecule has 0 radical (unpaired) electrons. The number of nitrogens with zero attached hydrogens (tertiary/aromatic N) is 1. The van der Waals surface area contributed by atoms with Crippen molar-refractivity contribution in [3.8, 4) is 5.75 Å². The molecule has 1 aromatic carbocycles. The summed E-state index contributed by atoms with van der Waals surface area (Å²) in [4.78, 5) is 2.43. The Balaban J connectivity index is 1.82. The minimum absolute atomic E-state index is 0.186. The Morgan fingerprint density at radius 2 is 1.79 bits per heavy atom. The van der Waals surface area contributed by atoms with Crippen LogP contribution in [0.2, 0.25) is 0 Å². The summed E-state index contributed by atoms with van der Waals surface area (Å²) in [6.45, 7) is 7.39. The minimum Gasteiger partial charge on any atom is -0.491 e. The SMILES string of the molecule is CC(C)Oc1ccc([C@@H](O)CCN2CCCC2)cc1. The molecule has 1 saturated heterocycles. The van der Waals surface area contributed by atoms with Crippen LogP contribution in [0.15, 0.2) is 24.3 Å². The monoisotopic (exact) mass is 263 g/mol. The van der Waals surface area contributed by atoms with E-state index in [0.717, 1.165) is 24.3 Å². The van der Waals surface area contributed by atoms with Crippen LogP contribution < -0.4 is 4.74 Å². The zero-order valence-electron chi connectivity index (χ0n) is 12.0. The van der Waals surface area contributed by atoms with Gasteiger partial charge in [0.15, 0.2) is 0 Å². The Morgan fingerprint density at radius 3 is 2.37 bits per heavy atom. The van der Waals surface area contributed by atoms with Gasteiger partial charge in [0.1, 0.15) is 5.75 Å². The maximum atomic E-state index is 10.2. The smallest absolute Gasteiger partial charge is 0.119 e. The first-order valence-electron chi connectivity index (χ1n) is 7.32. The van der Waals surface area contributed by atoms with E-state index in [1.807, 2.05) is 38.1 Å². The van der Waals surface area contributed by atoms with Crippen molar-refractivity contribution in [1.29, 1.82) is 0 Å². The molecule has 0 unspecified atom stereocenters. The molecule has 1 aromatic rings. The van der Waals surface area contributed by atoms with Gasteiger partial charge in [-0.05, 0) is 63.9 Å². The molecule has 1 aliphatic heterocycles. The van der Waals surface area contributed by atoms with Crippen molar-refractivity contribution in [2.24, 2.45) is 0 Å². The first-order chi connectivity index (χ1) is 9.15. The van der Waals surface area contributed by atoms with E-state index < -0.39 is 0 Å². The molecule has 0 aromatic heterocycles. The Bertz CT molecular complexity index is 369. The Hall–Kier alpha value is -1.06. The van der Waals surface area contributed by atoms with E-state index in [1.54, 1.807) is 0 Å². The molecule has 1 heterocycles. The van der Waals surface area contributed by atoms with Gasteiger partial charge in [-0.15, -0.1) is 0 Å². The fraction of sp³-hybridized carbons (Fsp3) is 0.625. The van der Waals surface area contributed by atoms with Crippen molar-refractivity contribution >= 4 is 0 Å². The molecule has 1 fully saturated rings. The Labute approximate surface area is 116 Å². The number of rotatable bonds is 6. The van der Waals surface area contributed by atoms with E-state index in [9.17, 15) is 5.11 Å². The van der Waals surface area contributed by atoms with Crippen molar-refractivity contribution in [3.63, 3.8) is 0 Å². The van der Waals surface area contributed by atoms with Crippen LogP contribution in [0, 0.1) is 0 Å². The molecule has 1 aliphatic rings. The summed E-state index contributed by atoms with van der Waals surface area (Å²) >= 11 is 0. The van der Waals surface area contributed by atoms with Gasteiger partial charge in [-0.3, -0.25) is 0 Å². The summed E-state index contributed by atoms with van der Waals surface area (Å²) in [5.74, 6) is 0.866. The second-order valence-electron chi connectivity index (χ2n) is 5.59. The van der Waals surface area contributed by atoms with Gasteiger partial charge in [-0.1, -0.05) is 12.1 Å². The van der Waals surface area contributed by atoms with Gasteiger partial charge in [0.2, 0.25) is 0 Å². The predicted molar refractivity (Wildman–Crippen MR) is 77.5 cm³/mol.